The molecule has 0 aromatic rings. The molecule has 0 saturated carbocycles. The Kier molecular flexibility index (Phi) is 3.24. The average Bonchev–Trinajstić information content (AvgIpc) is 2.11. The minimum absolute atomic E-state index is 0.0790. The predicted octanol–water partition coefficient (Wildman–Crippen LogP) is -0.983. The summed E-state index contributed by atoms with van der Waals surface area (Å²) in [7, 11) is -3.40. The van der Waals surface area contributed by atoms with E-state index in [2.05, 4.69) is 0 Å². The molecular formula is C9H18N2O4S. The van der Waals surface area contributed by atoms with Gasteiger partial charge in [-0.3, -0.25) is 0 Å². The van der Waals surface area contributed by atoms with E-state index in [-0.39, 0.29) is 25.3 Å². The maximum absolute atomic E-state index is 12.1. The molecule has 2 aliphatic heterocycles. The summed E-state index contributed by atoms with van der Waals surface area (Å²) >= 11 is 0. The monoisotopic (exact) mass is 250 g/mol. The Balaban J connectivity index is 2.05. The van der Waals surface area contributed by atoms with Gasteiger partial charge in [-0.2, -0.15) is 17.0 Å². The minimum Gasteiger partial charge on any atom is -0.390 e. The fraction of sp³-hybridized carbons (Fsp3) is 1.00. The highest BCUT2D eigenvalue weighted by atomic mass is 32.2. The van der Waals surface area contributed by atoms with Crippen molar-refractivity contribution in [1.82, 2.24) is 8.61 Å². The Morgan fingerprint density at radius 1 is 1.06 bits per heavy atom. The van der Waals surface area contributed by atoms with Crippen LogP contribution in [0, 0.1) is 0 Å². The molecule has 16 heavy (non-hydrogen) atoms. The van der Waals surface area contributed by atoms with Crippen molar-refractivity contribution in [3.8, 4) is 0 Å². The second-order valence-electron chi connectivity index (χ2n) is 4.55. The molecule has 2 rings (SSSR count). The molecule has 0 bridgehead atoms. The molecule has 6 nitrogen and oxygen atoms in total. The first-order valence-electron chi connectivity index (χ1n) is 5.48. The summed E-state index contributed by atoms with van der Waals surface area (Å²) in [5.74, 6) is 0. The fourth-order valence-electron chi connectivity index (χ4n) is 2.09. The molecule has 0 aromatic heterocycles. The Bertz CT molecular complexity index is 343. The summed E-state index contributed by atoms with van der Waals surface area (Å²) in [5, 5.41) is 9.13. The van der Waals surface area contributed by atoms with Gasteiger partial charge in [0.25, 0.3) is 10.2 Å². The summed E-state index contributed by atoms with van der Waals surface area (Å²) in [6.45, 7) is 4.93. The average molecular weight is 250 g/mol. The quantitative estimate of drug-likeness (QED) is 0.683. The number of hydrogen-bond acceptors (Lipinski definition) is 4. The Morgan fingerprint density at radius 2 is 1.50 bits per heavy atom. The molecule has 1 N–H and O–H groups in total. The van der Waals surface area contributed by atoms with Crippen molar-refractivity contribution in [2.75, 3.05) is 26.2 Å². The number of ether oxygens (including phenoxy) is 1. The summed E-state index contributed by atoms with van der Waals surface area (Å²) in [6, 6.07) is 0. The van der Waals surface area contributed by atoms with Gasteiger partial charge in [-0.05, 0) is 13.8 Å². The third-order valence-corrected chi connectivity index (χ3v) is 4.77. The maximum Gasteiger partial charge on any atom is 0.282 e. The largest absolute Gasteiger partial charge is 0.390 e. The lowest BCUT2D eigenvalue weighted by Gasteiger charge is -2.41. The molecule has 2 saturated heterocycles. The van der Waals surface area contributed by atoms with E-state index in [4.69, 9.17) is 9.84 Å². The van der Waals surface area contributed by atoms with Gasteiger partial charge in [0.2, 0.25) is 0 Å². The van der Waals surface area contributed by atoms with E-state index in [0.29, 0.717) is 13.1 Å². The summed E-state index contributed by atoms with van der Waals surface area (Å²) in [6.07, 6.45) is -0.667. The number of aliphatic hydroxyl groups excluding tert-OH is 1. The van der Waals surface area contributed by atoms with Gasteiger partial charge in [0.15, 0.2) is 0 Å². The van der Waals surface area contributed by atoms with Crippen LogP contribution in [-0.4, -0.2) is 66.6 Å². The molecule has 0 aromatic carbocycles. The van der Waals surface area contributed by atoms with E-state index in [1.807, 2.05) is 13.8 Å². The first kappa shape index (κ1) is 12.3. The Morgan fingerprint density at radius 3 is 1.94 bits per heavy atom. The SMILES string of the molecule is CC1CN(S(=O)(=O)N2CC(O)C2)CC(C)O1. The molecule has 2 fully saturated rings. The van der Waals surface area contributed by atoms with Crippen LogP contribution in [0.1, 0.15) is 13.8 Å². The van der Waals surface area contributed by atoms with Crippen LogP contribution >= 0.6 is 0 Å². The number of rotatable bonds is 2. The van der Waals surface area contributed by atoms with E-state index in [1.54, 1.807) is 0 Å². The van der Waals surface area contributed by atoms with Gasteiger partial charge < -0.3 is 9.84 Å². The molecule has 2 atom stereocenters. The summed E-state index contributed by atoms with van der Waals surface area (Å²) < 4.78 is 32.4. The highest BCUT2D eigenvalue weighted by Crippen LogP contribution is 2.21. The van der Waals surface area contributed by atoms with Crippen LogP contribution in [0.4, 0.5) is 0 Å². The molecule has 2 aliphatic rings. The molecule has 0 amide bonds. The van der Waals surface area contributed by atoms with E-state index in [9.17, 15) is 8.42 Å². The Labute approximate surface area is 96.0 Å². The van der Waals surface area contributed by atoms with Crippen LogP contribution in [0.15, 0.2) is 0 Å². The minimum atomic E-state index is -3.40. The Hall–Kier alpha value is -0.210. The number of aliphatic hydroxyl groups is 1. The van der Waals surface area contributed by atoms with Crippen molar-refractivity contribution in [1.29, 1.82) is 0 Å². The highest BCUT2D eigenvalue weighted by Gasteiger charge is 2.40. The number of hydrogen-bond donors (Lipinski definition) is 1. The second-order valence-corrected chi connectivity index (χ2v) is 6.48. The summed E-state index contributed by atoms with van der Waals surface area (Å²) in [5.41, 5.74) is 0. The highest BCUT2D eigenvalue weighted by molar-refractivity contribution is 7.86. The molecule has 0 aliphatic carbocycles. The van der Waals surface area contributed by atoms with E-state index in [1.165, 1.54) is 8.61 Å². The first-order chi connectivity index (χ1) is 7.39. The maximum atomic E-state index is 12.1. The van der Waals surface area contributed by atoms with Crippen molar-refractivity contribution in [2.24, 2.45) is 0 Å². The van der Waals surface area contributed by atoms with Gasteiger partial charge in [0, 0.05) is 26.2 Å². The van der Waals surface area contributed by atoms with Crippen LogP contribution in [0.3, 0.4) is 0 Å². The smallest absolute Gasteiger partial charge is 0.282 e. The van der Waals surface area contributed by atoms with E-state index in [0.717, 1.165) is 0 Å². The third-order valence-electron chi connectivity index (χ3n) is 2.87. The van der Waals surface area contributed by atoms with Crippen LogP contribution in [-0.2, 0) is 14.9 Å². The topological polar surface area (TPSA) is 70.1 Å². The van der Waals surface area contributed by atoms with Crippen LogP contribution < -0.4 is 0 Å². The van der Waals surface area contributed by atoms with Crippen LogP contribution in [0.25, 0.3) is 0 Å². The first-order valence-corrected chi connectivity index (χ1v) is 6.88. The molecule has 94 valence electrons. The zero-order valence-electron chi connectivity index (χ0n) is 9.54. The van der Waals surface area contributed by atoms with Gasteiger partial charge in [-0.25, -0.2) is 0 Å². The van der Waals surface area contributed by atoms with Crippen molar-refractivity contribution >= 4 is 10.2 Å². The molecular weight excluding hydrogens is 232 g/mol. The lowest BCUT2D eigenvalue weighted by Crippen LogP contribution is -2.60. The summed E-state index contributed by atoms with van der Waals surface area (Å²) in [4.78, 5) is 0. The zero-order valence-corrected chi connectivity index (χ0v) is 10.4. The third kappa shape index (κ3) is 2.23. The predicted molar refractivity (Wildman–Crippen MR) is 58.1 cm³/mol. The number of nitrogens with zero attached hydrogens (tertiary/aromatic N) is 2. The van der Waals surface area contributed by atoms with Gasteiger partial charge in [-0.15, -0.1) is 0 Å². The zero-order chi connectivity index (χ0) is 11.9. The lowest BCUT2D eigenvalue weighted by atomic mass is 10.2. The molecule has 7 heteroatoms. The molecule has 0 radical (unpaired) electrons. The fourth-order valence-corrected chi connectivity index (χ4v) is 3.93. The van der Waals surface area contributed by atoms with E-state index < -0.39 is 16.3 Å². The normalized spacial score (nSPS) is 34.9. The standard InChI is InChI=1S/C9H18N2O4S/c1-7-3-10(4-8(2)15-7)16(13,14)11-5-9(12)6-11/h7-9,12H,3-6H2,1-2H3. The van der Waals surface area contributed by atoms with Crippen molar-refractivity contribution in [3.05, 3.63) is 0 Å². The van der Waals surface area contributed by atoms with E-state index >= 15 is 0 Å². The van der Waals surface area contributed by atoms with Crippen LogP contribution in [0.2, 0.25) is 0 Å². The van der Waals surface area contributed by atoms with Gasteiger partial charge in [-0.1, -0.05) is 0 Å². The number of morpholine rings is 1. The number of β-amino-alcohol motifs (C(OH)–C–C–N with tert-alkyl or cyclic N) is 1. The van der Waals surface area contributed by atoms with Crippen molar-refractivity contribution < 1.29 is 18.3 Å². The van der Waals surface area contributed by atoms with Crippen LogP contribution in [0.5, 0.6) is 0 Å². The van der Waals surface area contributed by atoms with Crippen molar-refractivity contribution in [2.45, 2.75) is 32.2 Å². The van der Waals surface area contributed by atoms with Gasteiger partial charge in [0.05, 0.1) is 18.3 Å². The van der Waals surface area contributed by atoms with Gasteiger partial charge in [0.1, 0.15) is 0 Å². The molecule has 0 spiro atoms. The lowest BCUT2D eigenvalue weighted by molar-refractivity contribution is -0.0475. The molecule has 2 heterocycles. The molecule has 2 unspecified atom stereocenters. The van der Waals surface area contributed by atoms with Gasteiger partial charge >= 0.3 is 0 Å². The second kappa shape index (κ2) is 4.23. The van der Waals surface area contributed by atoms with Crippen molar-refractivity contribution in [3.63, 3.8) is 0 Å².